The van der Waals surface area contributed by atoms with Gasteiger partial charge in [0.05, 0.1) is 11.2 Å². The first-order valence-corrected chi connectivity index (χ1v) is 8.99. The van der Waals surface area contributed by atoms with Crippen LogP contribution < -0.4 is 10.3 Å². The van der Waals surface area contributed by atoms with Gasteiger partial charge in [0.2, 0.25) is 5.43 Å². The minimum absolute atomic E-state index is 0.0973. The maximum Gasteiger partial charge on any atom is 0.341 e. The summed E-state index contributed by atoms with van der Waals surface area (Å²) in [6.45, 7) is 3.45. The zero-order valence-corrected chi connectivity index (χ0v) is 14.9. The summed E-state index contributed by atoms with van der Waals surface area (Å²) in [5.74, 6) is -1.77. The molecule has 2 saturated heterocycles. The molecule has 4 rings (SSSR count). The molecule has 2 fully saturated rings. The average Bonchev–Trinajstić information content (AvgIpc) is 2.82. The smallest absolute Gasteiger partial charge is 0.341 e. The first kappa shape index (κ1) is 17.0. The van der Waals surface area contributed by atoms with Crippen molar-refractivity contribution in [2.24, 2.45) is 0 Å². The number of aryl methyl sites for hydroxylation is 1. The molecule has 138 valence electrons. The summed E-state index contributed by atoms with van der Waals surface area (Å²) in [4.78, 5) is 31.1. The van der Waals surface area contributed by atoms with Crippen molar-refractivity contribution in [3.8, 4) is 0 Å². The molecule has 26 heavy (non-hydrogen) atoms. The van der Waals surface area contributed by atoms with Crippen LogP contribution >= 0.6 is 0 Å². The Kier molecular flexibility index (Phi) is 3.99. The van der Waals surface area contributed by atoms with Gasteiger partial charge in [-0.15, -0.1) is 0 Å². The highest BCUT2D eigenvalue weighted by Gasteiger charge is 2.39. The van der Waals surface area contributed by atoms with Gasteiger partial charge in [-0.3, -0.25) is 9.69 Å². The summed E-state index contributed by atoms with van der Waals surface area (Å²) in [5.41, 5.74) is 0.793. The van der Waals surface area contributed by atoms with E-state index in [4.69, 9.17) is 5.11 Å². The highest BCUT2D eigenvalue weighted by molar-refractivity contribution is 5.94. The number of anilines is 1. The number of carbonyl (C=O) groups is 1. The lowest BCUT2D eigenvalue weighted by Crippen LogP contribution is -2.52. The van der Waals surface area contributed by atoms with Crippen LogP contribution in [0.15, 0.2) is 17.1 Å². The molecule has 2 atom stereocenters. The number of aromatic amines is 1. The van der Waals surface area contributed by atoms with E-state index in [9.17, 15) is 9.59 Å². The van der Waals surface area contributed by atoms with Gasteiger partial charge in [-0.2, -0.15) is 0 Å². The molecular weight excluding hydrogens is 337 g/mol. The van der Waals surface area contributed by atoms with E-state index in [-0.39, 0.29) is 10.9 Å². The molecule has 0 saturated carbocycles. The summed E-state index contributed by atoms with van der Waals surface area (Å²) in [6, 6.07) is 2.03. The van der Waals surface area contributed by atoms with Gasteiger partial charge in [0.25, 0.3) is 0 Å². The largest absolute Gasteiger partial charge is 0.477 e. The quantitative estimate of drug-likeness (QED) is 0.879. The number of fused-ring (bicyclic) bond motifs is 3. The average molecular weight is 359 g/mol. The number of nitrogens with one attached hydrogen (secondary N) is 1. The number of H-pyrrole nitrogens is 1. The van der Waals surface area contributed by atoms with Gasteiger partial charge < -0.3 is 15.0 Å². The second kappa shape index (κ2) is 6.09. The molecule has 3 heterocycles. The van der Waals surface area contributed by atoms with Gasteiger partial charge in [-0.25, -0.2) is 9.18 Å². The predicted octanol–water partition coefficient (Wildman–Crippen LogP) is 2.21. The fourth-order valence-electron chi connectivity index (χ4n) is 4.53. The third kappa shape index (κ3) is 2.41. The molecule has 2 aromatic rings. The lowest BCUT2D eigenvalue weighted by atomic mass is 10.0. The Hall–Kier alpha value is -2.41. The normalized spacial score (nSPS) is 23.0. The number of aromatic carboxylic acids is 1. The van der Waals surface area contributed by atoms with Crippen LogP contribution in [0.1, 0.15) is 35.7 Å². The highest BCUT2D eigenvalue weighted by atomic mass is 19.1. The van der Waals surface area contributed by atoms with Crippen molar-refractivity contribution in [3.63, 3.8) is 0 Å². The molecule has 7 heteroatoms. The van der Waals surface area contributed by atoms with Gasteiger partial charge in [0.1, 0.15) is 11.4 Å². The minimum atomic E-state index is -1.31. The molecule has 6 nitrogen and oxygen atoms in total. The molecular formula is C19H22FN3O3. The van der Waals surface area contributed by atoms with Gasteiger partial charge in [-0.1, -0.05) is 6.92 Å². The van der Waals surface area contributed by atoms with Crippen molar-refractivity contribution in [1.29, 1.82) is 0 Å². The summed E-state index contributed by atoms with van der Waals surface area (Å²) in [7, 11) is 2.13. The Bertz CT molecular complexity index is 941. The lowest BCUT2D eigenvalue weighted by molar-refractivity contribution is 0.0695. The number of carboxylic acids is 1. The summed E-state index contributed by atoms with van der Waals surface area (Å²) in [6.07, 6.45) is 4.00. The van der Waals surface area contributed by atoms with Crippen LogP contribution in [0.2, 0.25) is 0 Å². The number of hydrogen-bond acceptors (Lipinski definition) is 4. The standard InChI is InChI=1S/C19H22FN3O3/c1-3-12-16-13(18(24)14(7-21-16)19(25)26)6-15(20)17(12)23-8-10-4-5-11(9-23)22(10)2/h6-7,10-11H,3-5,8-9H2,1-2H3,(H,21,24)(H,25,26). The number of carboxylic acid groups (broad SMARTS) is 1. The summed E-state index contributed by atoms with van der Waals surface area (Å²) in [5, 5.41) is 9.24. The summed E-state index contributed by atoms with van der Waals surface area (Å²) >= 11 is 0. The Morgan fingerprint density at radius 2 is 2.00 bits per heavy atom. The van der Waals surface area contributed by atoms with E-state index in [0.29, 0.717) is 29.7 Å². The number of nitrogens with zero attached hydrogens (tertiary/aromatic N) is 2. The van der Waals surface area contributed by atoms with Gasteiger partial charge in [0, 0.05) is 42.3 Å². The SMILES string of the molecule is CCc1c(N2CC3CCC(C2)N3C)c(F)cc2c(=O)c(C(=O)O)c[nH]c12. The number of benzene rings is 1. The van der Waals surface area contributed by atoms with E-state index in [0.717, 1.165) is 31.5 Å². The topological polar surface area (TPSA) is 76.6 Å². The van der Waals surface area contributed by atoms with E-state index in [1.807, 2.05) is 6.92 Å². The van der Waals surface area contributed by atoms with Crippen molar-refractivity contribution in [2.45, 2.75) is 38.3 Å². The number of aromatic nitrogens is 1. The van der Waals surface area contributed by atoms with E-state index < -0.39 is 17.2 Å². The second-order valence-electron chi connectivity index (χ2n) is 7.25. The molecule has 0 amide bonds. The Balaban J connectivity index is 1.88. The molecule has 0 radical (unpaired) electrons. The molecule has 0 aliphatic carbocycles. The van der Waals surface area contributed by atoms with E-state index in [2.05, 4.69) is 21.8 Å². The van der Waals surface area contributed by atoms with Crippen molar-refractivity contribution < 1.29 is 14.3 Å². The van der Waals surface area contributed by atoms with Crippen LogP contribution in [-0.2, 0) is 6.42 Å². The fourth-order valence-corrected chi connectivity index (χ4v) is 4.53. The molecule has 2 aliphatic heterocycles. The fraction of sp³-hybridized carbons (Fsp3) is 0.474. The first-order chi connectivity index (χ1) is 12.4. The predicted molar refractivity (Wildman–Crippen MR) is 97.7 cm³/mol. The summed E-state index contributed by atoms with van der Waals surface area (Å²) < 4.78 is 15.1. The Labute approximate surface area is 150 Å². The van der Waals surface area contributed by atoms with Gasteiger partial charge >= 0.3 is 5.97 Å². The number of halogens is 1. The number of pyridine rings is 1. The van der Waals surface area contributed by atoms with Crippen molar-refractivity contribution >= 4 is 22.6 Å². The molecule has 1 aromatic heterocycles. The zero-order valence-electron chi connectivity index (χ0n) is 14.9. The third-order valence-electron chi connectivity index (χ3n) is 5.95. The number of rotatable bonds is 3. The Morgan fingerprint density at radius 3 is 2.58 bits per heavy atom. The second-order valence-corrected chi connectivity index (χ2v) is 7.25. The first-order valence-electron chi connectivity index (χ1n) is 8.99. The highest BCUT2D eigenvalue weighted by Crippen LogP contribution is 2.36. The van der Waals surface area contributed by atoms with Crippen LogP contribution in [0.4, 0.5) is 10.1 Å². The Morgan fingerprint density at radius 1 is 1.35 bits per heavy atom. The third-order valence-corrected chi connectivity index (χ3v) is 5.95. The molecule has 2 bridgehead atoms. The van der Waals surface area contributed by atoms with E-state index in [1.165, 1.54) is 12.3 Å². The molecule has 0 spiro atoms. The number of likely N-dealkylation sites (N-methyl/N-ethyl adjacent to an activating group) is 1. The van der Waals surface area contributed by atoms with E-state index in [1.54, 1.807) is 0 Å². The molecule has 1 aromatic carbocycles. The zero-order chi connectivity index (χ0) is 18.6. The van der Waals surface area contributed by atoms with Crippen LogP contribution in [0, 0.1) is 5.82 Å². The van der Waals surface area contributed by atoms with Crippen molar-refractivity contribution in [3.05, 3.63) is 39.4 Å². The minimum Gasteiger partial charge on any atom is -0.477 e. The van der Waals surface area contributed by atoms with Crippen molar-refractivity contribution in [2.75, 3.05) is 25.0 Å². The maximum absolute atomic E-state index is 15.1. The molecule has 2 aliphatic rings. The van der Waals surface area contributed by atoms with Crippen LogP contribution in [0.25, 0.3) is 10.9 Å². The number of hydrogen-bond donors (Lipinski definition) is 2. The van der Waals surface area contributed by atoms with E-state index >= 15 is 4.39 Å². The lowest BCUT2D eigenvalue weighted by Gasteiger charge is -2.41. The maximum atomic E-state index is 15.1. The van der Waals surface area contributed by atoms with Crippen LogP contribution in [-0.4, -0.2) is 53.2 Å². The van der Waals surface area contributed by atoms with Gasteiger partial charge in [-0.05, 0) is 32.4 Å². The van der Waals surface area contributed by atoms with Crippen molar-refractivity contribution in [1.82, 2.24) is 9.88 Å². The van der Waals surface area contributed by atoms with Crippen LogP contribution in [0.3, 0.4) is 0 Å². The molecule has 2 unspecified atom stereocenters. The van der Waals surface area contributed by atoms with Crippen LogP contribution in [0.5, 0.6) is 0 Å². The van der Waals surface area contributed by atoms with Gasteiger partial charge in [0.15, 0.2) is 0 Å². The monoisotopic (exact) mass is 359 g/mol. The number of piperazine rings is 1. The molecule has 2 N–H and O–H groups in total.